The molecule has 0 radical (unpaired) electrons. The van der Waals surface area contributed by atoms with E-state index in [1.807, 2.05) is 13.8 Å². The van der Waals surface area contributed by atoms with Crippen molar-refractivity contribution in [3.8, 4) is 0 Å². The maximum atomic E-state index is 12.8. The van der Waals surface area contributed by atoms with Crippen molar-refractivity contribution >= 4 is 21.6 Å². The van der Waals surface area contributed by atoms with Crippen LogP contribution >= 0.6 is 0 Å². The summed E-state index contributed by atoms with van der Waals surface area (Å²) in [6, 6.07) is 6.56. The zero-order chi connectivity index (χ0) is 19.4. The molecule has 0 aromatic heterocycles. The molecule has 8 heteroatoms. The summed E-state index contributed by atoms with van der Waals surface area (Å²) >= 11 is 0. The lowest BCUT2D eigenvalue weighted by atomic mass is 10.2. The number of hydrogen-bond donors (Lipinski definition) is 2. The van der Waals surface area contributed by atoms with Crippen molar-refractivity contribution in [2.45, 2.75) is 50.2 Å². The van der Waals surface area contributed by atoms with Gasteiger partial charge in [-0.3, -0.25) is 4.79 Å². The third-order valence-electron chi connectivity index (χ3n) is 5.10. The molecule has 7 nitrogen and oxygen atoms in total. The number of nitrogens with one attached hydrogen (secondary N) is 2. The van der Waals surface area contributed by atoms with Crippen LogP contribution in [-0.2, 0) is 19.6 Å². The van der Waals surface area contributed by atoms with E-state index in [4.69, 9.17) is 4.74 Å². The minimum Gasteiger partial charge on any atom is -0.364 e. The summed E-state index contributed by atoms with van der Waals surface area (Å²) in [6.07, 6.45) is 3.14. The lowest BCUT2D eigenvalue weighted by Gasteiger charge is -2.31. The number of morpholine rings is 1. The van der Waals surface area contributed by atoms with Crippen LogP contribution in [0.2, 0.25) is 0 Å². The largest absolute Gasteiger partial charge is 0.364 e. The normalized spacial score (nSPS) is 27.3. The van der Waals surface area contributed by atoms with Gasteiger partial charge >= 0.3 is 0 Å². The Morgan fingerprint density at radius 3 is 2.52 bits per heavy atom. The van der Waals surface area contributed by atoms with Crippen LogP contribution in [0, 0.1) is 0 Å². The first kappa shape index (κ1) is 20.3. The number of rotatable bonds is 5. The SMILES string of the molecule is C[C@@H]1C[NH+](CC(=O)Nc2cccc(S(=O)(=O)N3CCCCC3)c2)C[C@H](C)O1. The lowest BCUT2D eigenvalue weighted by Crippen LogP contribution is -3.16. The number of anilines is 1. The van der Waals surface area contributed by atoms with Gasteiger partial charge in [0.05, 0.1) is 4.90 Å². The summed E-state index contributed by atoms with van der Waals surface area (Å²) in [5.41, 5.74) is 0.520. The molecule has 2 heterocycles. The first-order chi connectivity index (χ1) is 12.8. The zero-order valence-corrected chi connectivity index (χ0v) is 16.9. The number of ether oxygens (including phenoxy) is 1. The topological polar surface area (TPSA) is 80.2 Å². The van der Waals surface area contributed by atoms with Crippen molar-refractivity contribution in [2.24, 2.45) is 0 Å². The van der Waals surface area contributed by atoms with Gasteiger partial charge in [-0.25, -0.2) is 8.42 Å². The summed E-state index contributed by atoms with van der Waals surface area (Å²) in [4.78, 5) is 13.8. The first-order valence-electron chi connectivity index (χ1n) is 9.73. The summed E-state index contributed by atoms with van der Waals surface area (Å²) in [7, 11) is -3.50. The number of sulfonamides is 1. The molecular formula is C19H30N3O4S+. The molecule has 2 aliphatic rings. The van der Waals surface area contributed by atoms with Gasteiger partial charge in [0.2, 0.25) is 10.0 Å². The fourth-order valence-electron chi connectivity index (χ4n) is 3.95. The maximum Gasteiger partial charge on any atom is 0.279 e. The fraction of sp³-hybridized carbons (Fsp3) is 0.632. The summed E-state index contributed by atoms with van der Waals surface area (Å²) in [6.45, 7) is 7.10. The van der Waals surface area contributed by atoms with Crippen molar-refractivity contribution in [3.05, 3.63) is 24.3 Å². The minimum atomic E-state index is -3.50. The van der Waals surface area contributed by atoms with Crippen LogP contribution in [-0.4, -0.2) is 63.6 Å². The quantitative estimate of drug-likeness (QED) is 0.759. The molecule has 0 saturated carbocycles. The Morgan fingerprint density at radius 2 is 1.85 bits per heavy atom. The third-order valence-corrected chi connectivity index (χ3v) is 6.99. The van der Waals surface area contributed by atoms with Crippen LogP contribution in [0.1, 0.15) is 33.1 Å². The molecule has 2 saturated heterocycles. The predicted octanol–water partition coefficient (Wildman–Crippen LogP) is 0.492. The Bertz CT molecular complexity index is 752. The number of carbonyl (C=O) groups excluding carboxylic acids is 1. The van der Waals surface area contributed by atoms with Crippen LogP contribution in [0.25, 0.3) is 0 Å². The van der Waals surface area contributed by atoms with Crippen LogP contribution in [0.15, 0.2) is 29.2 Å². The highest BCUT2D eigenvalue weighted by atomic mass is 32.2. The molecule has 2 N–H and O–H groups in total. The Kier molecular flexibility index (Phi) is 6.52. The van der Waals surface area contributed by atoms with Gasteiger partial charge in [-0.2, -0.15) is 4.31 Å². The van der Waals surface area contributed by atoms with Crippen molar-refractivity contribution < 1.29 is 22.8 Å². The number of hydrogen-bond acceptors (Lipinski definition) is 4. The highest BCUT2D eigenvalue weighted by Crippen LogP contribution is 2.22. The van der Waals surface area contributed by atoms with Crippen LogP contribution < -0.4 is 10.2 Å². The van der Waals surface area contributed by atoms with E-state index in [9.17, 15) is 13.2 Å². The highest BCUT2D eigenvalue weighted by molar-refractivity contribution is 7.89. The van der Waals surface area contributed by atoms with E-state index in [1.165, 1.54) is 9.21 Å². The smallest absolute Gasteiger partial charge is 0.279 e. The molecule has 1 aromatic rings. The predicted molar refractivity (Wildman–Crippen MR) is 103 cm³/mol. The molecule has 150 valence electrons. The number of quaternary nitrogens is 1. The summed E-state index contributed by atoms with van der Waals surface area (Å²) in [5, 5.41) is 2.85. The molecule has 0 aliphatic carbocycles. The van der Waals surface area contributed by atoms with Gasteiger partial charge in [0.15, 0.2) is 6.54 Å². The van der Waals surface area contributed by atoms with Crippen molar-refractivity contribution in [1.29, 1.82) is 0 Å². The van der Waals surface area contributed by atoms with Gasteiger partial charge < -0.3 is 15.0 Å². The molecule has 2 aliphatic heterocycles. The zero-order valence-electron chi connectivity index (χ0n) is 16.1. The summed E-state index contributed by atoms with van der Waals surface area (Å²) < 4.78 is 32.9. The Morgan fingerprint density at radius 1 is 1.19 bits per heavy atom. The van der Waals surface area contributed by atoms with Crippen molar-refractivity contribution in [2.75, 3.05) is 38.0 Å². The minimum absolute atomic E-state index is 0.112. The Hall–Kier alpha value is -1.48. The van der Waals surface area contributed by atoms with Crippen LogP contribution in [0.5, 0.6) is 0 Å². The molecular weight excluding hydrogens is 366 g/mol. The van der Waals surface area contributed by atoms with Gasteiger partial charge in [0.1, 0.15) is 25.3 Å². The molecule has 1 unspecified atom stereocenters. The molecule has 1 amide bonds. The average molecular weight is 397 g/mol. The molecule has 3 atom stereocenters. The van der Waals surface area contributed by atoms with Gasteiger partial charge in [0, 0.05) is 18.8 Å². The Labute approximate surface area is 161 Å². The van der Waals surface area contributed by atoms with E-state index in [-0.39, 0.29) is 23.0 Å². The van der Waals surface area contributed by atoms with Crippen molar-refractivity contribution in [3.63, 3.8) is 0 Å². The maximum absolute atomic E-state index is 12.8. The highest BCUT2D eigenvalue weighted by Gasteiger charge is 2.28. The molecule has 1 aromatic carbocycles. The second kappa shape index (κ2) is 8.68. The molecule has 3 rings (SSSR count). The number of amides is 1. The Balaban J connectivity index is 1.64. The van der Waals surface area contributed by atoms with Gasteiger partial charge in [-0.05, 0) is 44.9 Å². The van der Waals surface area contributed by atoms with Gasteiger partial charge in [-0.1, -0.05) is 12.5 Å². The van der Waals surface area contributed by atoms with Crippen LogP contribution in [0.4, 0.5) is 5.69 Å². The standard InChI is InChI=1S/C19H29N3O4S/c1-15-12-21(13-16(2)26-15)14-19(23)20-17-7-6-8-18(11-17)27(24,25)22-9-4-3-5-10-22/h6-8,11,15-16H,3-5,9-10,12-14H2,1-2H3,(H,20,23)/p+1/t15-,16+. The lowest BCUT2D eigenvalue weighted by molar-refractivity contribution is -0.907. The third kappa shape index (κ3) is 5.28. The van der Waals surface area contributed by atoms with Gasteiger partial charge in [0.25, 0.3) is 5.91 Å². The summed E-state index contributed by atoms with van der Waals surface area (Å²) in [5.74, 6) is -0.112. The first-order valence-corrected chi connectivity index (χ1v) is 11.2. The van der Waals surface area contributed by atoms with Crippen LogP contribution in [0.3, 0.4) is 0 Å². The second-order valence-electron chi connectivity index (χ2n) is 7.63. The molecule has 27 heavy (non-hydrogen) atoms. The molecule has 2 fully saturated rings. The van der Waals surface area contributed by atoms with Gasteiger partial charge in [-0.15, -0.1) is 0 Å². The average Bonchev–Trinajstić information content (AvgIpc) is 2.61. The second-order valence-corrected chi connectivity index (χ2v) is 9.57. The number of nitrogens with zero attached hydrogens (tertiary/aromatic N) is 1. The van der Waals surface area contributed by atoms with E-state index in [2.05, 4.69) is 5.32 Å². The molecule has 0 spiro atoms. The molecule has 0 bridgehead atoms. The number of piperidine rings is 1. The van der Waals surface area contributed by atoms with E-state index >= 15 is 0 Å². The number of benzene rings is 1. The van der Waals surface area contributed by atoms with E-state index in [0.717, 1.165) is 32.4 Å². The van der Waals surface area contributed by atoms with E-state index in [1.54, 1.807) is 24.3 Å². The van der Waals surface area contributed by atoms with E-state index in [0.29, 0.717) is 25.3 Å². The van der Waals surface area contributed by atoms with Crippen molar-refractivity contribution in [1.82, 2.24) is 4.31 Å². The fourth-order valence-corrected chi connectivity index (χ4v) is 5.52. The monoisotopic (exact) mass is 396 g/mol. The van der Waals surface area contributed by atoms with E-state index < -0.39 is 10.0 Å². The number of carbonyl (C=O) groups is 1.